The highest BCUT2D eigenvalue weighted by atomic mass is 14.3. The van der Waals surface area contributed by atoms with Crippen LogP contribution in [0.15, 0.2) is 170 Å². The van der Waals surface area contributed by atoms with E-state index in [9.17, 15) is 0 Å². The Morgan fingerprint density at radius 2 is 0.741 bits per heavy atom. The lowest BCUT2D eigenvalue weighted by Crippen LogP contribution is -1.93. The summed E-state index contributed by atoms with van der Waals surface area (Å²) in [7, 11) is 0. The molecule has 0 saturated carbocycles. The van der Waals surface area contributed by atoms with Crippen LogP contribution in [-0.2, 0) is 0 Å². The Labute approximate surface area is 338 Å². The number of rotatable bonds is 4. The van der Waals surface area contributed by atoms with Crippen molar-refractivity contribution in [1.29, 1.82) is 0 Å². The second kappa shape index (κ2) is 12.2. The van der Waals surface area contributed by atoms with Gasteiger partial charge in [-0.15, -0.1) is 0 Å². The molecule has 0 aliphatic carbocycles. The van der Waals surface area contributed by atoms with Gasteiger partial charge in [0.2, 0.25) is 0 Å². The summed E-state index contributed by atoms with van der Waals surface area (Å²) >= 11 is 0. The first-order valence-corrected chi connectivity index (χ1v) is 20.5. The summed E-state index contributed by atoms with van der Waals surface area (Å²) in [4.78, 5) is 0. The molecule has 12 aromatic carbocycles. The van der Waals surface area contributed by atoms with Crippen molar-refractivity contribution in [2.45, 2.75) is 27.7 Å². The zero-order chi connectivity index (χ0) is 38.8. The van der Waals surface area contributed by atoms with Gasteiger partial charge in [0, 0.05) is 0 Å². The van der Waals surface area contributed by atoms with E-state index < -0.39 is 0 Å². The lowest BCUT2D eigenvalue weighted by atomic mass is 9.82. The molecule has 0 aromatic heterocycles. The lowest BCUT2D eigenvalue weighted by molar-refractivity contribution is 1.37. The van der Waals surface area contributed by atoms with Gasteiger partial charge in [0.25, 0.3) is 0 Å². The largest absolute Gasteiger partial charge is 0.0622 e. The Morgan fingerprint density at radius 1 is 0.224 bits per heavy atom. The molecule has 0 aliphatic rings. The highest BCUT2D eigenvalue weighted by molar-refractivity contribution is 6.45. The highest BCUT2D eigenvalue weighted by Crippen LogP contribution is 2.56. The van der Waals surface area contributed by atoms with E-state index in [1.165, 1.54) is 142 Å². The molecule has 0 amide bonds. The average Bonchev–Trinajstić information content (AvgIpc) is 3.74. The third kappa shape index (κ3) is 4.46. The summed E-state index contributed by atoms with van der Waals surface area (Å²) in [6.45, 7) is 9.00. The molecular formula is C58H40. The summed E-state index contributed by atoms with van der Waals surface area (Å²) in [5.74, 6) is 0. The fraction of sp³-hybridized carbons (Fsp3) is 0.0690. The minimum absolute atomic E-state index is 1.22. The zero-order valence-corrected chi connectivity index (χ0v) is 33.2. The van der Waals surface area contributed by atoms with Gasteiger partial charge in [0.05, 0.1) is 0 Å². The molecule has 0 nitrogen and oxygen atoms in total. The van der Waals surface area contributed by atoms with Crippen molar-refractivity contribution in [3.8, 4) is 44.5 Å². The van der Waals surface area contributed by atoms with Gasteiger partial charge in [-0.1, -0.05) is 164 Å². The third-order valence-electron chi connectivity index (χ3n) is 13.3. The van der Waals surface area contributed by atoms with E-state index >= 15 is 0 Å². The predicted octanol–water partition coefficient (Wildman–Crippen LogP) is 16.5. The molecule has 0 heteroatoms. The van der Waals surface area contributed by atoms with Gasteiger partial charge in [0.15, 0.2) is 0 Å². The first-order chi connectivity index (χ1) is 28.5. The summed E-state index contributed by atoms with van der Waals surface area (Å²) in [6.07, 6.45) is 0. The van der Waals surface area contributed by atoms with E-state index in [1.54, 1.807) is 0 Å². The molecule has 0 N–H and O–H groups in total. The lowest BCUT2D eigenvalue weighted by Gasteiger charge is -2.20. The standard InChI is InChI=1S/C58H40/c1-33-16-13-17-34(2)51(33)43-28-29-46-53-41(43)24-14-27-45(53)58-55(40-23-12-11-22-39(40)37-18-7-5-8-19-37)50-32-49-48-31-36(4)35(3)30-47(48)42-25-15-26-44(54(42)49)56(50)52(57(46)58)38-20-9-6-10-21-38/h5-32H,1-4H3. The fourth-order valence-electron chi connectivity index (χ4n) is 10.7. The maximum atomic E-state index is 2.57. The van der Waals surface area contributed by atoms with E-state index in [2.05, 4.69) is 198 Å². The predicted molar refractivity (Wildman–Crippen MR) is 252 cm³/mol. The highest BCUT2D eigenvalue weighted by Gasteiger charge is 2.28. The maximum absolute atomic E-state index is 2.57. The molecule has 0 heterocycles. The number of fused-ring (bicyclic) bond motifs is 8. The van der Waals surface area contributed by atoms with Crippen molar-refractivity contribution in [3.63, 3.8) is 0 Å². The number of benzene rings is 10. The maximum Gasteiger partial charge on any atom is -0.000718 e. The monoisotopic (exact) mass is 736 g/mol. The van der Waals surface area contributed by atoms with Gasteiger partial charge >= 0.3 is 0 Å². The Balaban J connectivity index is 1.40. The number of hydrogen-bond acceptors (Lipinski definition) is 0. The van der Waals surface area contributed by atoms with E-state index in [0.717, 1.165) is 0 Å². The Morgan fingerprint density at radius 3 is 1.45 bits per heavy atom. The number of hydrogen-bond donors (Lipinski definition) is 0. The van der Waals surface area contributed by atoms with Gasteiger partial charge in [-0.2, -0.15) is 0 Å². The van der Waals surface area contributed by atoms with Crippen LogP contribution < -0.4 is 0 Å². The van der Waals surface area contributed by atoms with Crippen LogP contribution in [0.2, 0.25) is 0 Å². The molecule has 0 unspecified atom stereocenters. The van der Waals surface area contributed by atoms with Crippen molar-refractivity contribution in [2.75, 3.05) is 0 Å². The molecule has 0 aliphatic heterocycles. The van der Waals surface area contributed by atoms with Crippen LogP contribution in [0.1, 0.15) is 22.3 Å². The van der Waals surface area contributed by atoms with Crippen LogP contribution in [0.5, 0.6) is 0 Å². The van der Waals surface area contributed by atoms with E-state index in [0.29, 0.717) is 0 Å². The topological polar surface area (TPSA) is 0 Å². The van der Waals surface area contributed by atoms with Crippen LogP contribution in [0, 0.1) is 27.7 Å². The molecule has 0 saturated heterocycles. The normalized spacial score (nSPS) is 12.1. The molecule has 0 atom stereocenters. The summed E-state index contributed by atoms with van der Waals surface area (Å²) in [5.41, 5.74) is 15.5. The van der Waals surface area contributed by atoms with Gasteiger partial charge in [-0.25, -0.2) is 0 Å². The molecular weight excluding hydrogens is 697 g/mol. The van der Waals surface area contributed by atoms with Gasteiger partial charge < -0.3 is 0 Å². The summed E-state index contributed by atoms with van der Waals surface area (Å²) < 4.78 is 0. The average molecular weight is 737 g/mol. The smallest absolute Gasteiger partial charge is 0.000718 e. The van der Waals surface area contributed by atoms with Crippen molar-refractivity contribution in [2.24, 2.45) is 0 Å². The summed E-state index contributed by atoms with van der Waals surface area (Å²) in [6, 6.07) is 64.2. The Bertz CT molecular complexity index is 3610. The molecule has 12 rings (SSSR count). The van der Waals surface area contributed by atoms with E-state index in [-0.39, 0.29) is 0 Å². The molecule has 12 aromatic rings. The first kappa shape index (κ1) is 33.2. The molecule has 0 bridgehead atoms. The van der Waals surface area contributed by atoms with Crippen LogP contribution in [0.3, 0.4) is 0 Å². The van der Waals surface area contributed by atoms with Crippen LogP contribution in [0.4, 0.5) is 0 Å². The van der Waals surface area contributed by atoms with Gasteiger partial charge in [-0.05, 0) is 176 Å². The zero-order valence-electron chi connectivity index (χ0n) is 33.2. The minimum Gasteiger partial charge on any atom is -0.0622 e. The van der Waals surface area contributed by atoms with Crippen molar-refractivity contribution < 1.29 is 0 Å². The molecule has 272 valence electrons. The Hall–Kier alpha value is -7.02. The van der Waals surface area contributed by atoms with Crippen molar-refractivity contribution >= 4 is 75.4 Å². The van der Waals surface area contributed by atoms with Crippen LogP contribution >= 0.6 is 0 Å². The van der Waals surface area contributed by atoms with E-state index in [1.807, 2.05) is 0 Å². The molecule has 0 radical (unpaired) electrons. The number of aryl methyl sites for hydroxylation is 4. The summed E-state index contributed by atoms with van der Waals surface area (Å²) in [5, 5.41) is 18.6. The Kier molecular flexibility index (Phi) is 7.00. The van der Waals surface area contributed by atoms with Crippen LogP contribution in [-0.4, -0.2) is 0 Å². The van der Waals surface area contributed by atoms with E-state index in [4.69, 9.17) is 0 Å². The van der Waals surface area contributed by atoms with Crippen LogP contribution in [0.25, 0.3) is 120 Å². The second-order valence-electron chi connectivity index (χ2n) is 16.5. The molecule has 58 heavy (non-hydrogen) atoms. The quantitative estimate of drug-likeness (QED) is 0.158. The van der Waals surface area contributed by atoms with Gasteiger partial charge in [0.1, 0.15) is 0 Å². The van der Waals surface area contributed by atoms with Crippen molar-refractivity contribution in [3.05, 3.63) is 192 Å². The molecule has 0 fully saturated rings. The third-order valence-corrected chi connectivity index (χ3v) is 13.3. The molecule has 0 spiro atoms. The SMILES string of the molecule is Cc1cc2c(cc1C)c1cc3c(-c4ccccc4-c4ccccc4)c4c5cccc6c(-c7c(C)cccc7C)ccc(c4c(-c4ccccc4)c3c3cccc2c13)c65. The van der Waals surface area contributed by atoms with Crippen molar-refractivity contribution in [1.82, 2.24) is 0 Å². The second-order valence-corrected chi connectivity index (χ2v) is 16.5. The first-order valence-electron chi connectivity index (χ1n) is 20.5. The minimum atomic E-state index is 1.22. The fourth-order valence-corrected chi connectivity index (χ4v) is 10.7. The van der Waals surface area contributed by atoms with Gasteiger partial charge in [-0.3, -0.25) is 0 Å².